The number of ketones is 1. The molecule has 0 heterocycles. The highest BCUT2D eigenvalue weighted by atomic mass is 35.5. The lowest BCUT2D eigenvalue weighted by Gasteiger charge is -2.06. The summed E-state index contributed by atoms with van der Waals surface area (Å²) >= 11 is 11.9. The molecule has 2 rings (SSSR count). The van der Waals surface area contributed by atoms with E-state index in [9.17, 15) is 4.79 Å². The zero-order valence-corrected chi connectivity index (χ0v) is 11.1. The van der Waals surface area contributed by atoms with Crippen LogP contribution in [0.3, 0.4) is 0 Å². The van der Waals surface area contributed by atoms with E-state index in [1.165, 1.54) is 0 Å². The largest absolute Gasteiger partial charge is 0.497 e. The van der Waals surface area contributed by atoms with Gasteiger partial charge in [0.1, 0.15) is 5.75 Å². The first kappa shape index (κ1) is 12.9. The van der Waals surface area contributed by atoms with E-state index in [4.69, 9.17) is 27.9 Å². The van der Waals surface area contributed by atoms with Gasteiger partial charge in [-0.3, -0.25) is 4.79 Å². The molecule has 0 aliphatic heterocycles. The molecule has 92 valence electrons. The van der Waals surface area contributed by atoms with Gasteiger partial charge < -0.3 is 4.74 Å². The van der Waals surface area contributed by atoms with Gasteiger partial charge in [0, 0.05) is 16.1 Å². The van der Waals surface area contributed by atoms with Gasteiger partial charge in [0.15, 0.2) is 5.78 Å². The van der Waals surface area contributed by atoms with E-state index in [-0.39, 0.29) is 5.78 Å². The minimum Gasteiger partial charge on any atom is -0.497 e. The molecule has 0 aliphatic carbocycles. The third kappa shape index (κ3) is 2.66. The predicted octanol–water partition coefficient (Wildman–Crippen LogP) is 4.23. The zero-order chi connectivity index (χ0) is 13.1. The summed E-state index contributed by atoms with van der Waals surface area (Å²) in [5.41, 5.74) is 0.899. The summed E-state index contributed by atoms with van der Waals surface area (Å²) in [6, 6.07) is 11.7. The van der Waals surface area contributed by atoms with Crippen molar-refractivity contribution < 1.29 is 9.53 Å². The van der Waals surface area contributed by atoms with Gasteiger partial charge in [0.25, 0.3) is 0 Å². The first-order chi connectivity index (χ1) is 8.61. The number of halogens is 2. The van der Waals surface area contributed by atoms with E-state index < -0.39 is 0 Å². The Morgan fingerprint density at radius 1 is 1.11 bits per heavy atom. The molecule has 0 saturated carbocycles. The molecule has 0 amide bonds. The average molecular weight is 281 g/mol. The van der Waals surface area contributed by atoms with Gasteiger partial charge in [-0.15, -0.1) is 0 Å². The van der Waals surface area contributed by atoms with Gasteiger partial charge in [-0.1, -0.05) is 35.3 Å². The monoisotopic (exact) mass is 280 g/mol. The molecule has 0 radical (unpaired) electrons. The third-order valence-electron chi connectivity index (χ3n) is 2.50. The molecule has 0 atom stereocenters. The van der Waals surface area contributed by atoms with Crippen LogP contribution in [0.2, 0.25) is 10.0 Å². The second-order valence-electron chi connectivity index (χ2n) is 3.69. The maximum Gasteiger partial charge on any atom is 0.194 e. The lowest BCUT2D eigenvalue weighted by molar-refractivity contribution is 0.103. The summed E-state index contributed by atoms with van der Waals surface area (Å²) in [4.78, 5) is 12.3. The molecule has 0 aromatic heterocycles. The van der Waals surface area contributed by atoms with Gasteiger partial charge in [-0.25, -0.2) is 0 Å². The van der Waals surface area contributed by atoms with Crippen LogP contribution < -0.4 is 4.74 Å². The van der Waals surface area contributed by atoms with E-state index >= 15 is 0 Å². The molecule has 0 spiro atoms. The lowest BCUT2D eigenvalue weighted by atomic mass is 10.0. The van der Waals surface area contributed by atoms with Gasteiger partial charge in [-0.05, 0) is 30.3 Å². The first-order valence-electron chi connectivity index (χ1n) is 5.25. The first-order valence-corrected chi connectivity index (χ1v) is 6.01. The SMILES string of the molecule is COc1cccc(C(=O)c2cc(Cl)ccc2Cl)c1. The Kier molecular flexibility index (Phi) is 3.90. The molecule has 2 aromatic rings. The Labute approximate surface area is 115 Å². The standard InChI is InChI=1S/C14H10Cl2O2/c1-18-11-4-2-3-9(7-11)14(17)12-8-10(15)5-6-13(12)16/h2-8H,1H3. The number of methoxy groups -OCH3 is 1. The minimum absolute atomic E-state index is 0.179. The molecule has 0 unspecified atom stereocenters. The van der Waals surface area contributed by atoms with Crippen LogP contribution in [-0.4, -0.2) is 12.9 Å². The Balaban J connectivity index is 2.44. The van der Waals surface area contributed by atoms with Crippen molar-refractivity contribution in [2.45, 2.75) is 0 Å². The van der Waals surface area contributed by atoms with Crippen molar-refractivity contribution in [3.8, 4) is 5.75 Å². The van der Waals surface area contributed by atoms with Gasteiger partial charge >= 0.3 is 0 Å². The van der Waals surface area contributed by atoms with Crippen LogP contribution in [0.25, 0.3) is 0 Å². The second-order valence-corrected chi connectivity index (χ2v) is 4.53. The molecule has 0 N–H and O–H groups in total. The maximum atomic E-state index is 12.3. The summed E-state index contributed by atoms with van der Waals surface area (Å²) in [7, 11) is 1.55. The smallest absolute Gasteiger partial charge is 0.194 e. The molecular formula is C14H10Cl2O2. The van der Waals surface area contributed by atoms with Crippen LogP contribution in [0.1, 0.15) is 15.9 Å². The number of hydrogen-bond acceptors (Lipinski definition) is 2. The van der Waals surface area contributed by atoms with Crippen molar-refractivity contribution in [2.24, 2.45) is 0 Å². The lowest BCUT2D eigenvalue weighted by Crippen LogP contribution is -2.02. The van der Waals surface area contributed by atoms with Gasteiger partial charge in [-0.2, -0.15) is 0 Å². The van der Waals surface area contributed by atoms with Crippen LogP contribution in [-0.2, 0) is 0 Å². The highest BCUT2D eigenvalue weighted by Crippen LogP contribution is 2.24. The molecule has 2 aromatic carbocycles. The third-order valence-corrected chi connectivity index (χ3v) is 3.07. The number of carbonyl (C=O) groups excluding carboxylic acids is 1. The van der Waals surface area contributed by atoms with E-state index in [1.807, 2.05) is 0 Å². The molecule has 4 heteroatoms. The molecule has 0 aliphatic rings. The number of benzene rings is 2. The van der Waals surface area contributed by atoms with E-state index in [0.717, 1.165) is 0 Å². The second kappa shape index (κ2) is 5.42. The fraction of sp³-hybridized carbons (Fsp3) is 0.0714. The Bertz CT molecular complexity index is 594. The van der Waals surface area contributed by atoms with Gasteiger partial charge in [0.2, 0.25) is 0 Å². The predicted molar refractivity (Wildman–Crippen MR) is 72.9 cm³/mol. The molecular weight excluding hydrogens is 271 g/mol. The van der Waals surface area contributed by atoms with Gasteiger partial charge in [0.05, 0.1) is 12.1 Å². The summed E-state index contributed by atoms with van der Waals surface area (Å²) < 4.78 is 5.08. The zero-order valence-electron chi connectivity index (χ0n) is 9.61. The Morgan fingerprint density at radius 2 is 1.89 bits per heavy atom. The van der Waals surface area contributed by atoms with Crippen LogP contribution in [0.4, 0.5) is 0 Å². The van der Waals surface area contributed by atoms with Crippen molar-refractivity contribution in [3.63, 3.8) is 0 Å². The maximum absolute atomic E-state index is 12.3. The van der Waals surface area contributed by atoms with E-state index in [0.29, 0.717) is 26.9 Å². The normalized spacial score (nSPS) is 10.2. The summed E-state index contributed by atoms with van der Waals surface area (Å²) in [5, 5.41) is 0.859. The topological polar surface area (TPSA) is 26.3 Å². The number of rotatable bonds is 3. The fourth-order valence-electron chi connectivity index (χ4n) is 1.59. The summed E-state index contributed by atoms with van der Waals surface area (Å²) in [5.74, 6) is 0.445. The quantitative estimate of drug-likeness (QED) is 0.787. The average Bonchev–Trinajstić information content (AvgIpc) is 2.41. The minimum atomic E-state index is -0.179. The molecule has 2 nitrogen and oxygen atoms in total. The number of carbonyl (C=O) groups is 1. The highest BCUT2D eigenvalue weighted by molar-refractivity contribution is 6.36. The van der Waals surface area contributed by atoms with Crippen LogP contribution in [0.5, 0.6) is 5.75 Å². The van der Waals surface area contributed by atoms with Crippen molar-refractivity contribution in [3.05, 3.63) is 63.6 Å². The van der Waals surface area contributed by atoms with E-state index in [1.54, 1.807) is 49.6 Å². The summed E-state index contributed by atoms with van der Waals surface area (Å²) in [6.07, 6.45) is 0. The number of hydrogen-bond donors (Lipinski definition) is 0. The van der Waals surface area contributed by atoms with Crippen molar-refractivity contribution in [1.82, 2.24) is 0 Å². The van der Waals surface area contributed by atoms with Crippen LogP contribution in [0.15, 0.2) is 42.5 Å². The number of ether oxygens (including phenoxy) is 1. The van der Waals surface area contributed by atoms with Crippen molar-refractivity contribution in [2.75, 3.05) is 7.11 Å². The highest BCUT2D eigenvalue weighted by Gasteiger charge is 2.13. The molecule has 0 bridgehead atoms. The molecule has 0 saturated heterocycles. The molecule has 0 fully saturated rings. The van der Waals surface area contributed by atoms with E-state index in [2.05, 4.69) is 0 Å². The van der Waals surface area contributed by atoms with Crippen molar-refractivity contribution >= 4 is 29.0 Å². The Hall–Kier alpha value is -1.51. The fourth-order valence-corrected chi connectivity index (χ4v) is 1.97. The Morgan fingerprint density at radius 3 is 2.61 bits per heavy atom. The van der Waals surface area contributed by atoms with Crippen LogP contribution >= 0.6 is 23.2 Å². The van der Waals surface area contributed by atoms with Crippen LogP contribution in [0, 0.1) is 0 Å². The van der Waals surface area contributed by atoms with Crippen molar-refractivity contribution in [1.29, 1.82) is 0 Å². The summed E-state index contributed by atoms with van der Waals surface area (Å²) in [6.45, 7) is 0. The molecule has 18 heavy (non-hydrogen) atoms.